The Morgan fingerprint density at radius 3 is 2.71 bits per heavy atom. The lowest BCUT2D eigenvalue weighted by Crippen LogP contribution is -2.40. The molecule has 1 fully saturated rings. The molecule has 1 N–H and O–H groups in total. The molecule has 94 valence electrons. The topological polar surface area (TPSA) is 75.2 Å². The van der Waals surface area contributed by atoms with E-state index in [0.29, 0.717) is 13.1 Å². The fraction of sp³-hybridized carbons (Fsp3) is 0.600. The Hall–Kier alpha value is -1.37. The van der Waals surface area contributed by atoms with E-state index in [1.54, 1.807) is 12.4 Å². The normalized spacial score (nSPS) is 19.0. The van der Waals surface area contributed by atoms with Gasteiger partial charge in [-0.25, -0.2) is 13.4 Å². The van der Waals surface area contributed by atoms with Crippen molar-refractivity contribution in [1.82, 2.24) is 9.97 Å². The summed E-state index contributed by atoms with van der Waals surface area (Å²) in [4.78, 5) is 10.4. The molecule has 0 saturated carbocycles. The molecule has 1 saturated heterocycles. The van der Waals surface area contributed by atoms with Crippen molar-refractivity contribution in [3.05, 3.63) is 12.4 Å². The molecule has 0 radical (unpaired) electrons. The number of nitrogens with zero attached hydrogens (tertiary/aromatic N) is 3. The lowest BCUT2D eigenvalue weighted by atomic mass is 10.4. The third kappa shape index (κ3) is 3.06. The largest absolute Gasteiger partial charge is 0.369 e. The predicted octanol–water partition coefficient (Wildman–Crippen LogP) is 0.143. The smallest absolute Gasteiger partial charge is 0.153 e. The van der Waals surface area contributed by atoms with Crippen LogP contribution in [-0.4, -0.2) is 49.5 Å². The molecule has 1 aliphatic rings. The van der Waals surface area contributed by atoms with E-state index >= 15 is 0 Å². The maximum absolute atomic E-state index is 11.3. The summed E-state index contributed by atoms with van der Waals surface area (Å²) < 4.78 is 22.6. The van der Waals surface area contributed by atoms with Gasteiger partial charge in [-0.3, -0.25) is 4.98 Å². The van der Waals surface area contributed by atoms with Crippen LogP contribution in [-0.2, 0) is 9.84 Å². The molecular formula is C10H16N4O2S. The number of rotatable bonds is 3. The summed E-state index contributed by atoms with van der Waals surface area (Å²) in [6.45, 7) is 3.76. The first kappa shape index (κ1) is 12.1. The molecule has 0 spiro atoms. The van der Waals surface area contributed by atoms with E-state index in [1.807, 2.05) is 11.8 Å². The molecule has 0 aliphatic carbocycles. The summed E-state index contributed by atoms with van der Waals surface area (Å²) in [6.07, 6.45) is 3.33. The van der Waals surface area contributed by atoms with Gasteiger partial charge >= 0.3 is 0 Å². The minimum absolute atomic E-state index is 0.195. The Morgan fingerprint density at radius 1 is 1.35 bits per heavy atom. The third-order valence-electron chi connectivity index (χ3n) is 2.65. The fourth-order valence-electron chi connectivity index (χ4n) is 1.72. The summed E-state index contributed by atoms with van der Waals surface area (Å²) in [5, 5.41) is 3.08. The first-order valence-electron chi connectivity index (χ1n) is 5.62. The highest BCUT2D eigenvalue weighted by Crippen LogP contribution is 2.15. The van der Waals surface area contributed by atoms with E-state index < -0.39 is 9.84 Å². The Kier molecular flexibility index (Phi) is 3.46. The molecule has 1 aromatic rings. The van der Waals surface area contributed by atoms with Crippen molar-refractivity contribution in [2.24, 2.45) is 0 Å². The molecule has 17 heavy (non-hydrogen) atoms. The average Bonchev–Trinajstić information content (AvgIpc) is 2.30. The molecule has 0 amide bonds. The molecule has 1 aromatic heterocycles. The lowest BCUT2D eigenvalue weighted by molar-refractivity contribution is 0.586. The molecule has 1 aliphatic heterocycles. The van der Waals surface area contributed by atoms with Gasteiger partial charge < -0.3 is 10.2 Å². The van der Waals surface area contributed by atoms with Gasteiger partial charge in [0.1, 0.15) is 11.6 Å². The maximum atomic E-state index is 11.3. The molecular weight excluding hydrogens is 240 g/mol. The van der Waals surface area contributed by atoms with Crippen molar-refractivity contribution >= 4 is 21.5 Å². The number of hydrogen-bond donors (Lipinski definition) is 1. The van der Waals surface area contributed by atoms with Gasteiger partial charge in [-0.15, -0.1) is 0 Å². The van der Waals surface area contributed by atoms with E-state index in [1.165, 1.54) is 0 Å². The second-order valence-corrected chi connectivity index (χ2v) is 6.24. The molecule has 2 heterocycles. The number of sulfone groups is 1. The van der Waals surface area contributed by atoms with Gasteiger partial charge in [0.25, 0.3) is 0 Å². The second kappa shape index (κ2) is 4.87. The number of anilines is 2. The van der Waals surface area contributed by atoms with Gasteiger partial charge in [0.05, 0.1) is 23.9 Å². The second-order valence-electron chi connectivity index (χ2n) is 3.93. The van der Waals surface area contributed by atoms with Crippen LogP contribution in [0.15, 0.2) is 12.4 Å². The molecule has 7 heteroatoms. The summed E-state index contributed by atoms with van der Waals surface area (Å²) in [6, 6.07) is 0. The van der Waals surface area contributed by atoms with Crippen molar-refractivity contribution in [2.75, 3.05) is 41.4 Å². The van der Waals surface area contributed by atoms with Crippen LogP contribution in [0.25, 0.3) is 0 Å². The lowest BCUT2D eigenvalue weighted by Gasteiger charge is -2.27. The Bertz CT molecular complexity index is 475. The van der Waals surface area contributed by atoms with Gasteiger partial charge in [-0.1, -0.05) is 0 Å². The average molecular weight is 256 g/mol. The molecule has 0 aromatic carbocycles. The van der Waals surface area contributed by atoms with Gasteiger partial charge in [0.15, 0.2) is 9.84 Å². The highest BCUT2D eigenvalue weighted by atomic mass is 32.2. The summed E-state index contributed by atoms with van der Waals surface area (Å²) in [5.74, 6) is 1.84. The van der Waals surface area contributed by atoms with E-state index in [2.05, 4.69) is 15.3 Å². The molecule has 0 atom stereocenters. The molecule has 6 nitrogen and oxygen atoms in total. The van der Waals surface area contributed by atoms with Gasteiger partial charge in [-0.2, -0.15) is 0 Å². The van der Waals surface area contributed by atoms with Gasteiger partial charge in [0, 0.05) is 19.6 Å². The number of aromatic nitrogens is 2. The highest BCUT2D eigenvalue weighted by molar-refractivity contribution is 7.91. The van der Waals surface area contributed by atoms with Crippen LogP contribution in [0.4, 0.5) is 11.6 Å². The summed E-state index contributed by atoms with van der Waals surface area (Å²) >= 11 is 0. The Labute approximate surface area is 101 Å². The molecule has 2 rings (SSSR count). The quantitative estimate of drug-likeness (QED) is 0.829. The van der Waals surface area contributed by atoms with E-state index in [9.17, 15) is 8.42 Å². The zero-order valence-electron chi connectivity index (χ0n) is 9.76. The number of hydrogen-bond acceptors (Lipinski definition) is 6. The van der Waals surface area contributed by atoms with Crippen molar-refractivity contribution in [3.63, 3.8) is 0 Å². The zero-order chi connectivity index (χ0) is 12.3. The maximum Gasteiger partial charge on any atom is 0.153 e. The first-order chi connectivity index (χ1) is 8.11. The van der Waals surface area contributed by atoms with Crippen molar-refractivity contribution < 1.29 is 8.42 Å². The van der Waals surface area contributed by atoms with Crippen LogP contribution in [0.1, 0.15) is 6.92 Å². The van der Waals surface area contributed by atoms with Crippen LogP contribution in [0, 0.1) is 0 Å². The molecule has 0 bridgehead atoms. The van der Waals surface area contributed by atoms with Crippen LogP contribution in [0.3, 0.4) is 0 Å². The standard InChI is InChI=1S/C10H16N4O2S/c1-2-12-9-7-11-8-10(13-9)14-3-5-17(15,16)6-4-14/h7-8H,2-6H2,1H3,(H,12,13). The minimum Gasteiger partial charge on any atom is -0.369 e. The Balaban J connectivity index is 2.10. The summed E-state index contributed by atoms with van der Waals surface area (Å²) in [5.41, 5.74) is 0. The molecule has 0 unspecified atom stereocenters. The van der Waals surface area contributed by atoms with Crippen LogP contribution in [0.5, 0.6) is 0 Å². The highest BCUT2D eigenvalue weighted by Gasteiger charge is 2.22. The van der Waals surface area contributed by atoms with Crippen LogP contribution >= 0.6 is 0 Å². The number of nitrogens with one attached hydrogen (secondary N) is 1. The van der Waals surface area contributed by atoms with Crippen LogP contribution in [0.2, 0.25) is 0 Å². The zero-order valence-corrected chi connectivity index (χ0v) is 10.6. The Morgan fingerprint density at radius 2 is 2.06 bits per heavy atom. The van der Waals surface area contributed by atoms with E-state index in [-0.39, 0.29) is 11.5 Å². The van der Waals surface area contributed by atoms with Gasteiger partial charge in [0.2, 0.25) is 0 Å². The van der Waals surface area contributed by atoms with E-state index in [0.717, 1.165) is 18.2 Å². The van der Waals surface area contributed by atoms with Crippen molar-refractivity contribution in [1.29, 1.82) is 0 Å². The van der Waals surface area contributed by atoms with Crippen molar-refractivity contribution in [3.8, 4) is 0 Å². The predicted molar refractivity (Wildman–Crippen MR) is 67.1 cm³/mol. The van der Waals surface area contributed by atoms with Crippen molar-refractivity contribution in [2.45, 2.75) is 6.92 Å². The first-order valence-corrected chi connectivity index (χ1v) is 7.44. The SMILES string of the molecule is CCNc1cncc(N2CCS(=O)(=O)CC2)n1. The minimum atomic E-state index is -2.85. The summed E-state index contributed by atoms with van der Waals surface area (Å²) in [7, 11) is -2.85. The fourth-order valence-corrected chi connectivity index (χ4v) is 2.92. The van der Waals surface area contributed by atoms with E-state index in [4.69, 9.17) is 0 Å². The monoisotopic (exact) mass is 256 g/mol. The van der Waals surface area contributed by atoms with Gasteiger partial charge in [-0.05, 0) is 6.92 Å². The van der Waals surface area contributed by atoms with Crippen LogP contribution < -0.4 is 10.2 Å². The third-order valence-corrected chi connectivity index (χ3v) is 4.26.